The molecule has 3 rings (SSSR count). The molecule has 3 aromatic rings. The molecule has 0 spiro atoms. The average molecular weight is 450 g/mol. The van der Waals surface area contributed by atoms with Crippen LogP contribution in [0.25, 0.3) is 11.5 Å². The number of oxazole rings is 1. The predicted molar refractivity (Wildman–Crippen MR) is 112 cm³/mol. The Labute approximate surface area is 183 Å². The molecule has 0 aliphatic heterocycles. The van der Waals surface area contributed by atoms with Crippen LogP contribution in [0.1, 0.15) is 25.1 Å². The van der Waals surface area contributed by atoms with E-state index in [-0.39, 0.29) is 41.5 Å². The van der Waals surface area contributed by atoms with Crippen LogP contribution < -0.4 is 14.8 Å². The summed E-state index contributed by atoms with van der Waals surface area (Å²) in [6, 6.07) is 9.28. The van der Waals surface area contributed by atoms with E-state index in [2.05, 4.69) is 15.0 Å². The molecule has 172 valence electrons. The smallest absolute Gasteiger partial charge is 0.387 e. The van der Waals surface area contributed by atoms with Crippen LogP contribution in [-0.4, -0.2) is 34.3 Å². The molecule has 1 aromatic heterocycles. The third-order valence-corrected chi connectivity index (χ3v) is 3.90. The SMILES string of the molecule is CC(C)Oc1cc(-c2nc(CNC=O)co2)ccc1OC(F)F.Cc1cccc(O)c1O. The van der Waals surface area contributed by atoms with E-state index in [1.807, 2.05) is 0 Å². The maximum Gasteiger partial charge on any atom is 0.387 e. The van der Waals surface area contributed by atoms with Crippen LogP contribution in [0.2, 0.25) is 0 Å². The van der Waals surface area contributed by atoms with Crippen LogP contribution >= 0.6 is 0 Å². The fraction of sp³-hybridized carbons (Fsp3) is 0.273. The number of hydrogen-bond acceptors (Lipinski definition) is 7. The van der Waals surface area contributed by atoms with Gasteiger partial charge in [0.15, 0.2) is 23.0 Å². The lowest BCUT2D eigenvalue weighted by Crippen LogP contribution is -2.10. The number of phenols is 2. The minimum atomic E-state index is -2.95. The van der Waals surface area contributed by atoms with E-state index in [0.717, 1.165) is 0 Å². The molecule has 1 heterocycles. The van der Waals surface area contributed by atoms with Gasteiger partial charge in [-0.1, -0.05) is 12.1 Å². The summed E-state index contributed by atoms with van der Waals surface area (Å²) in [7, 11) is 0. The molecule has 0 saturated heterocycles. The predicted octanol–water partition coefficient (Wildman–Crippen LogP) is 4.38. The average Bonchev–Trinajstić information content (AvgIpc) is 3.20. The number of para-hydroxylation sites is 1. The largest absolute Gasteiger partial charge is 0.504 e. The molecule has 0 radical (unpaired) electrons. The summed E-state index contributed by atoms with van der Waals surface area (Å²) in [6.45, 7) is 2.56. The highest BCUT2D eigenvalue weighted by atomic mass is 19.3. The highest BCUT2D eigenvalue weighted by molar-refractivity contribution is 5.60. The normalized spacial score (nSPS) is 10.5. The number of carbonyl (C=O) groups is 1. The second-order valence-corrected chi connectivity index (χ2v) is 6.79. The number of ether oxygens (including phenoxy) is 2. The van der Waals surface area contributed by atoms with Gasteiger partial charge in [-0.15, -0.1) is 0 Å². The number of nitrogens with one attached hydrogen (secondary N) is 1. The molecule has 0 aliphatic carbocycles. The molecule has 10 heteroatoms. The summed E-state index contributed by atoms with van der Waals surface area (Å²) in [4.78, 5) is 14.5. The highest BCUT2D eigenvalue weighted by Gasteiger charge is 2.15. The molecule has 3 N–H and O–H groups in total. The summed E-state index contributed by atoms with van der Waals surface area (Å²) < 4.78 is 40.1. The summed E-state index contributed by atoms with van der Waals surface area (Å²) >= 11 is 0. The lowest BCUT2D eigenvalue weighted by atomic mass is 10.2. The van der Waals surface area contributed by atoms with Crippen molar-refractivity contribution in [2.24, 2.45) is 0 Å². The van der Waals surface area contributed by atoms with Gasteiger partial charge in [-0.05, 0) is 50.6 Å². The van der Waals surface area contributed by atoms with Crippen LogP contribution in [0.5, 0.6) is 23.0 Å². The van der Waals surface area contributed by atoms with Gasteiger partial charge in [0.2, 0.25) is 12.3 Å². The van der Waals surface area contributed by atoms with Gasteiger partial charge in [0, 0.05) is 5.56 Å². The van der Waals surface area contributed by atoms with Gasteiger partial charge in [-0.2, -0.15) is 8.78 Å². The van der Waals surface area contributed by atoms with E-state index in [1.54, 1.807) is 32.9 Å². The van der Waals surface area contributed by atoms with Gasteiger partial charge >= 0.3 is 6.61 Å². The number of rotatable bonds is 8. The topological polar surface area (TPSA) is 114 Å². The monoisotopic (exact) mass is 450 g/mol. The lowest BCUT2D eigenvalue weighted by Gasteiger charge is -2.15. The third-order valence-electron chi connectivity index (χ3n) is 3.90. The second-order valence-electron chi connectivity index (χ2n) is 6.79. The maximum absolute atomic E-state index is 12.4. The van der Waals surface area contributed by atoms with Crippen molar-refractivity contribution in [3.63, 3.8) is 0 Å². The minimum Gasteiger partial charge on any atom is -0.504 e. The van der Waals surface area contributed by atoms with Gasteiger partial charge in [0.25, 0.3) is 0 Å². The number of carbonyl (C=O) groups excluding carboxylic acids is 1. The van der Waals surface area contributed by atoms with E-state index < -0.39 is 6.61 Å². The minimum absolute atomic E-state index is 0.0301. The Hall–Kier alpha value is -3.82. The molecule has 0 fully saturated rings. The van der Waals surface area contributed by atoms with Gasteiger partial charge < -0.3 is 29.4 Å². The van der Waals surface area contributed by atoms with Gasteiger partial charge in [0.05, 0.1) is 18.3 Å². The summed E-state index contributed by atoms with van der Waals surface area (Å²) in [5.74, 6) is 0.299. The third kappa shape index (κ3) is 7.15. The van der Waals surface area contributed by atoms with Gasteiger partial charge in [-0.25, -0.2) is 4.98 Å². The fourth-order valence-electron chi connectivity index (χ4n) is 2.49. The summed E-state index contributed by atoms with van der Waals surface area (Å²) in [6.07, 6.45) is 1.74. The van der Waals surface area contributed by atoms with E-state index in [1.165, 1.54) is 30.5 Å². The molecule has 32 heavy (non-hydrogen) atoms. The molecule has 0 unspecified atom stereocenters. The first-order valence-electron chi connectivity index (χ1n) is 9.56. The van der Waals surface area contributed by atoms with E-state index in [4.69, 9.17) is 19.4 Å². The number of hydrogen-bond donors (Lipinski definition) is 3. The van der Waals surface area contributed by atoms with Crippen LogP contribution in [0, 0.1) is 6.92 Å². The number of phenolic OH excluding ortho intramolecular Hbond substituents is 2. The quantitative estimate of drug-likeness (QED) is 0.345. The molecule has 0 bridgehead atoms. The Kier molecular flexibility index (Phi) is 8.82. The Morgan fingerprint density at radius 1 is 1.16 bits per heavy atom. The molecular formula is C22H24F2N2O6. The zero-order valence-electron chi connectivity index (χ0n) is 17.7. The number of aromatic nitrogens is 1. The lowest BCUT2D eigenvalue weighted by molar-refractivity contribution is -0.109. The molecule has 0 aliphatic rings. The number of benzene rings is 2. The van der Waals surface area contributed by atoms with E-state index >= 15 is 0 Å². The first-order chi connectivity index (χ1) is 15.2. The molecule has 8 nitrogen and oxygen atoms in total. The summed E-state index contributed by atoms with van der Waals surface area (Å²) in [5, 5.41) is 20.3. The first-order valence-corrected chi connectivity index (χ1v) is 9.56. The number of nitrogens with zero attached hydrogens (tertiary/aromatic N) is 1. The number of aromatic hydroxyl groups is 2. The zero-order chi connectivity index (χ0) is 23.7. The number of alkyl halides is 2. The molecule has 1 amide bonds. The van der Waals surface area contributed by atoms with Crippen LogP contribution in [-0.2, 0) is 11.3 Å². The van der Waals surface area contributed by atoms with Crippen molar-refractivity contribution in [2.45, 2.75) is 40.0 Å². The van der Waals surface area contributed by atoms with Gasteiger partial charge in [-0.3, -0.25) is 4.79 Å². The Bertz CT molecular complexity index is 1000. The van der Waals surface area contributed by atoms with Crippen molar-refractivity contribution in [2.75, 3.05) is 0 Å². The Morgan fingerprint density at radius 3 is 2.50 bits per heavy atom. The number of amides is 1. The Morgan fingerprint density at radius 2 is 1.91 bits per heavy atom. The molecular weight excluding hydrogens is 426 g/mol. The first kappa shape index (κ1) is 24.4. The van der Waals surface area contributed by atoms with Crippen molar-refractivity contribution in [1.29, 1.82) is 0 Å². The van der Waals surface area contributed by atoms with Gasteiger partial charge in [0.1, 0.15) is 6.26 Å². The van der Waals surface area contributed by atoms with E-state index in [0.29, 0.717) is 23.2 Å². The van der Waals surface area contributed by atoms with Crippen molar-refractivity contribution < 1.29 is 37.7 Å². The highest BCUT2D eigenvalue weighted by Crippen LogP contribution is 2.34. The van der Waals surface area contributed by atoms with Crippen molar-refractivity contribution in [1.82, 2.24) is 10.3 Å². The van der Waals surface area contributed by atoms with Crippen molar-refractivity contribution in [3.05, 3.63) is 53.9 Å². The Balaban J connectivity index is 0.000000336. The summed E-state index contributed by atoms with van der Waals surface area (Å²) in [5.41, 5.74) is 1.76. The zero-order valence-corrected chi connectivity index (χ0v) is 17.7. The van der Waals surface area contributed by atoms with Crippen LogP contribution in [0.4, 0.5) is 8.78 Å². The van der Waals surface area contributed by atoms with Crippen LogP contribution in [0.3, 0.4) is 0 Å². The van der Waals surface area contributed by atoms with E-state index in [9.17, 15) is 13.6 Å². The fourth-order valence-corrected chi connectivity index (χ4v) is 2.49. The maximum atomic E-state index is 12.4. The van der Waals surface area contributed by atoms with Crippen LogP contribution in [0.15, 0.2) is 47.1 Å². The van der Waals surface area contributed by atoms with Crippen molar-refractivity contribution in [3.8, 4) is 34.5 Å². The number of aryl methyl sites for hydroxylation is 1. The molecule has 2 aromatic carbocycles. The number of halogens is 2. The second kappa shape index (κ2) is 11.5. The van der Waals surface area contributed by atoms with Crippen molar-refractivity contribution >= 4 is 6.41 Å². The molecule has 0 saturated carbocycles. The standard InChI is InChI=1S/C15H16F2N2O4.C7H8O2/c1-9(2)22-13-5-10(3-4-12(13)23-15(16)17)14-19-11(7-21-14)6-18-8-20;1-5-3-2-4-6(8)7(5)9/h3-5,7-9,15H,6H2,1-2H3,(H,18,20);2-4,8-9H,1H3. The molecule has 0 atom stereocenters.